The largest absolute Gasteiger partial charge is 0.497 e. The van der Waals surface area contributed by atoms with Crippen molar-refractivity contribution in [1.82, 2.24) is 9.38 Å². The Kier molecular flexibility index (Phi) is 4.19. The Balaban J connectivity index is 1.80. The van der Waals surface area contributed by atoms with Crippen LogP contribution in [0.5, 0.6) is 5.75 Å². The minimum Gasteiger partial charge on any atom is -0.497 e. The van der Waals surface area contributed by atoms with Gasteiger partial charge in [0, 0.05) is 18.0 Å². The van der Waals surface area contributed by atoms with Crippen LogP contribution in [0.4, 0.5) is 10.2 Å². The summed E-state index contributed by atoms with van der Waals surface area (Å²) in [7, 11) is 1.64. The summed E-state index contributed by atoms with van der Waals surface area (Å²) in [5.41, 5.74) is 3.26. The fourth-order valence-electron chi connectivity index (χ4n) is 2.73. The van der Waals surface area contributed by atoms with Crippen molar-refractivity contribution in [3.05, 3.63) is 84.3 Å². The molecule has 0 N–H and O–H groups in total. The van der Waals surface area contributed by atoms with Gasteiger partial charge in [-0.15, -0.1) is 0 Å². The Morgan fingerprint density at radius 2 is 1.77 bits per heavy atom. The Bertz CT molecular complexity index is 1070. The van der Waals surface area contributed by atoms with Crippen LogP contribution < -0.4 is 4.74 Å². The lowest BCUT2D eigenvalue weighted by molar-refractivity contribution is 0.415. The van der Waals surface area contributed by atoms with Gasteiger partial charge in [0.1, 0.15) is 22.9 Å². The van der Waals surface area contributed by atoms with E-state index in [0.29, 0.717) is 11.5 Å². The number of fused-ring (bicyclic) bond motifs is 1. The van der Waals surface area contributed by atoms with E-state index >= 15 is 0 Å². The number of methoxy groups -OCH3 is 1. The van der Waals surface area contributed by atoms with Gasteiger partial charge in [0.05, 0.1) is 7.11 Å². The number of rotatable bonds is 4. The first-order valence-corrected chi connectivity index (χ1v) is 8.16. The van der Waals surface area contributed by atoms with Crippen molar-refractivity contribution in [1.29, 1.82) is 0 Å². The van der Waals surface area contributed by atoms with Gasteiger partial charge in [-0.1, -0.05) is 6.07 Å². The molecule has 4 rings (SSSR count). The molecule has 2 heterocycles. The summed E-state index contributed by atoms with van der Waals surface area (Å²) in [6.07, 6.45) is 3.69. The number of nitrogens with zero attached hydrogens (tertiary/aromatic N) is 3. The van der Waals surface area contributed by atoms with Crippen LogP contribution in [0.2, 0.25) is 0 Å². The SMILES string of the molecule is COc1ccc(C=Nc2c(-c3ccc(F)cc3)nc3ccccn23)cc1. The van der Waals surface area contributed by atoms with E-state index < -0.39 is 0 Å². The first kappa shape index (κ1) is 16.0. The maximum Gasteiger partial charge on any atom is 0.165 e. The van der Waals surface area contributed by atoms with Crippen molar-refractivity contribution in [3.63, 3.8) is 0 Å². The van der Waals surface area contributed by atoms with E-state index in [9.17, 15) is 4.39 Å². The number of halogens is 1. The van der Waals surface area contributed by atoms with E-state index in [0.717, 1.165) is 22.5 Å². The number of benzene rings is 2. The smallest absolute Gasteiger partial charge is 0.165 e. The van der Waals surface area contributed by atoms with Crippen molar-refractivity contribution in [2.75, 3.05) is 7.11 Å². The Labute approximate surface area is 150 Å². The maximum atomic E-state index is 13.3. The number of aromatic nitrogens is 2. The first-order valence-electron chi connectivity index (χ1n) is 8.16. The van der Waals surface area contributed by atoms with Crippen molar-refractivity contribution < 1.29 is 9.13 Å². The second-order valence-corrected chi connectivity index (χ2v) is 5.75. The molecule has 0 bridgehead atoms. The van der Waals surface area contributed by atoms with Gasteiger partial charge in [0.25, 0.3) is 0 Å². The van der Waals surface area contributed by atoms with Gasteiger partial charge in [0.2, 0.25) is 0 Å². The standard InChI is InChI=1S/C21H16FN3O/c1-26-18-11-5-15(6-12-18)14-23-21-20(16-7-9-17(22)10-8-16)24-19-4-2-3-13-25(19)21/h2-14H,1H3. The van der Waals surface area contributed by atoms with E-state index in [4.69, 9.17) is 4.74 Å². The molecule has 2 aromatic carbocycles. The average molecular weight is 345 g/mol. The third kappa shape index (κ3) is 3.07. The monoisotopic (exact) mass is 345 g/mol. The normalized spacial score (nSPS) is 11.3. The number of ether oxygens (including phenoxy) is 1. The zero-order valence-corrected chi connectivity index (χ0v) is 14.1. The molecule has 0 aliphatic rings. The molecule has 0 aliphatic carbocycles. The molecule has 2 aromatic heterocycles. The molecule has 5 heteroatoms. The molecule has 0 saturated heterocycles. The zero-order valence-electron chi connectivity index (χ0n) is 14.1. The van der Waals surface area contributed by atoms with Crippen LogP contribution in [-0.4, -0.2) is 22.7 Å². The van der Waals surface area contributed by atoms with E-state index in [1.165, 1.54) is 12.1 Å². The summed E-state index contributed by atoms with van der Waals surface area (Å²) in [4.78, 5) is 9.32. The Morgan fingerprint density at radius 1 is 1.00 bits per heavy atom. The highest BCUT2D eigenvalue weighted by atomic mass is 19.1. The van der Waals surface area contributed by atoms with Crippen LogP contribution in [0, 0.1) is 5.82 Å². The molecule has 0 saturated carbocycles. The topological polar surface area (TPSA) is 38.9 Å². The number of hydrogen-bond acceptors (Lipinski definition) is 3. The molecule has 0 radical (unpaired) electrons. The molecule has 4 nitrogen and oxygen atoms in total. The maximum absolute atomic E-state index is 13.3. The van der Waals surface area contributed by atoms with Gasteiger partial charge in [-0.2, -0.15) is 0 Å². The van der Waals surface area contributed by atoms with Crippen LogP contribution in [0.1, 0.15) is 5.56 Å². The number of pyridine rings is 1. The van der Waals surface area contributed by atoms with Gasteiger partial charge in [-0.05, 0) is 66.2 Å². The third-order valence-electron chi connectivity index (χ3n) is 4.07. The van der Waals surface area contributed by atoms with Crippen molar-refractivity contribution in [3.8, 4) is 17.0 Å². The summed E-state index contributed by atoms with van der Waals surface area (Å²) < 4.78 is 20.4. The average Bonchev–Trinajstić information content (AvgIpc) is 3.06. The minimum absolute atomic E-state index is 0.277. The Morgan fingerprint density at radius 3 is 2.50 bits per heavy atom. The van der Waals surface area contributed by atoms with Gasteiger partial charge in [0.15, 0.2) is 5.82 Å². The van der Waals surface area contributed by atoms with Crippen LogP contribution in [-0.2, 0) is 0 Å². The second-order valence-electron chi connectivity index (χ2n) is 5.75. The Hall–Kier alpha value is -3.47. The minimum atomic E-state index is -0.277. The molecule has 0 amide bonds. The van der Waals surface area contributed by atoms with E-state index in [1.54, 1.807) is 25.5 Å². The molecule has 128 valence electrons. The lowest BCUT2D eigenvalue weighted by Gasteiger charge is -2.01. The van der Waals surface area contributed by atoms with E-state index in [2.05, 4.69) is 9.98 Å². The molecular weight excluding hydrogens is 329 g/mol. The predicted molar refractivity (Wildman–Crippen MR) is 101 cm³/mol. The summed E-state index contributed by atoms with van der Waals surface area (Å²) in [5.74, 6) is 1.22. The highest BCUT2D eigenvalue weighted by Gasteiger charge is 2.13. The highest BCUT2D eigenvalue weighted by molar-refractivity contribution is 5.85. The second kappa shape index (κ2) is 6.80. The molecule has 0 spiro atoms. The van der Waals surface area contributed by atoms with Gasteiger partial charge >= 0.3 is 0 Å². The van der Waals surface area contributed by atoms with Gasteiger partial charge in [-0.25, -0.2) is 14.4 Å². The molecule has 26 heavy (non-hydrogen) atoms. The zero-order chi connectivity index (χ0) is 17.9. The van der Waals surface area contributed by atoms with Crippen LogP contribution in [0.15, 0.2) is 77.9 Å². The molecular formula is C21H16FN3O. The fourth-order valence-corrected chi connectivity index (χ4v) is 2.73. The third-order valence-corrected chi connectivity index (χ3v) is 4.07. The molecule has 0 aliphatic heterocycles. The molecule has 0 fully saturated rings. The summed E-state index contributed by atoms with van der Waals surface area (Å²) >= 11 is 0. The van der Waals surface area contributed by atoms with Gasteiger partial charge in [-0.3, -0.25) is 4.40 Å². The quantitative estimate of drug-likeness (QED) is 0.494. The summed E-state index contributed by atoms with van der Waals surface area (Å²) in [5, 5.41) is 0. The number of aliphatic imine (C=N–C) groups is 1. The van der Waals surface area contributed by atoms with Crippen LogP contribution in [0.3, 0.4) is 0 Å². The van der Waals surface area contributed by atoms with E-state index in [-0.39, 0.29) is 5.82 Å². The summed E-state index contributed by atoms with van der Waals surface area (Å²) in [6.45, 7) is 0. The van der Waals surface area contributed by atoms with Crippen LogP contribution >= 0.6 is 0 Å². The predicted octanol–water partition coefficient (Wildman–Crippen LogP) is 4.90. The van der Waals surface area contributed by atoms with Crippen molar-refractivity contribution >= 4 is 17.7 Å². The lowest BCUT2D eigenvalue weighted by Crippen LogP contribution is -1.86. The van der Waals surface area contributed by atoms with Crippen LogP contribution in [0.25, 0.3) is 16.9 Å². The fraction of sp³-hybridized carbons (Fsp3) is 0.0476. The van der Waals surface area contributed by atoms with E-state index in [1.807, 2.05) is 53.1 Å². The summed E-state index contributed by atoms with van der Waals surface area (Å²) in [6, 6.07) is 19.7. The van der Waals surface area contributed by atoms with Crippen molar-refractivity contribution in [2.45, 2.75) is 0 Å². The first-order chi connectivity index (χ1) is 12.7. The van der Waals surface area contributed by atoms with Crippen molar-refractivity contribution in [2.24, 2.45) is 4.99 Å². The molecule has 0 unspecified atom stereocenters. The molecule has 0 atom stereocenters. The highest BCUT2D eigenvalue weighted by Crippen LogP contribution is 2.31. The number of hydrogen-bond donors (Lipinski definition) is 0. The number of imidazole rings is 1. The lowest BCUT2D eigenvalue weighted by atomic mass is 10.1. The van der Waals surface area contributed by atoms with Gasteiger partial charge < -0.3 is 4.74 Å². The molecule has 4 aromatic rings.